The summed E-state index contributed by atoms with van der Waals surface area (Å²) in [7, 11) is 0. The van der Waals surface area contributed by atoms with Gasteiger partial charge in [0.15, 0.2) is 0 Å². The predicted octanol–water partition coefficient (Wildman–Crippen LogP) is 3.61. The molecule has 0 radical (unpaired) electrons. The zero-order valence-electron chi connectivity index (χ0n) is 11.4. The van der Waals surface area contributed by atoms with Crippen LogP contribution in [0.25, 0.3) is 0 Å². The lowest BCUT2D eigenvalue weighted by Crippen LogP contribution is -2.14. The predicted molar refractivity (Wildman–Crippen MR) is 88.0 cm³/mol. The Bertz CT molecular complexity index is 601. The molecule has 0 aliphatic carbocycles. The first-order valence-corrected chi connectivity index (χ1v) is 7.92. The van der Waals surface area contributed by atoms with Gasteiger partial charge in [-0.15, -0.1) is 11.8 Å². The summed E-state index contributed by atoms with van der Waals surface area (Å²) < 4.78 is 0. The zero-order chi connectivity index (χ0) is 15.1. The largest absolute Gasteiger partial charge is 0.396 e. The maximum absolute atomic E-state index is 11.9. The lowest BCUT2D eigenvalue weighted by molar-refractivity contribution is -0.113. The number of thioether (sulfide) groups is 1. The van der Waals surface area contributed by atoms with Gasteiger partial charge in [-0.25, -0.2) is 0 Å². The van der Waals surface area contributed by atoms with Crippen LogP contribution in [0, 0.1) is 0 Å². The summed E-state index contributed by atoms with van der Waals surface area (Å²) in [6.45, 7) is 0.125. The van der Waals surface area contributed by atoms with E-state index in [1.165, 1.54) is 11.8 Å². The van der Waals surface area contributed by atoms with Gasteiger partial charge in [-0.2, -0.15) is 0 Å². The summed E-state index contributed by atoms with van der Waals surface area (Å²) in [5.74, 6) is 0.233. The molecule has 1 amide bonds. The van der Waals surface area contributed by atoms with Crippen LogP contribution in [-0.4, -0.2) is 23.4 Å². The Labute approximate surface area is 133 Å². The van der Waals surface area contributed by atoms with Crippen molar-refractivity contribution in [2.75, 3.05) is 17.7 Å². The van der Waals surface area contributed by atoms with Crippen molar-refractivity contribution in [1.29, 1.82) is 0 Å². The Morgan fingerprint density at radius 1 is 1.14 bits per heavy atom. The maximum Gasteiger partial charge on any atom is 0.234 e. The number of hydrogen-bond acceptors (Lipinski definition) is 3. The van der Waals surface area contributed by atoms with Gasteiger partial charge >= 0.3 is 0 Å². The van der Waals surface area contributed by atoms with Crippen LogP contribution in [0.1, 0.15) is 5.56 Å². The van der Waals surface area contributed by atoms with E-state index >= 15 is 0 Å². The second-order valence-corrected chi connectivity index (χ2v) is 5.86. The summed E-state index contributed by atoms with van der Waals surface area (Å²) >= 11 is 7.45. The number of anilines is 1. The molecule has 2 rings (SSSR count). The molecule has 21 heavy (non-hydrogen) atoms. The molecule has 3 nitrogen and oxygen atoms in total. The third-order valence-corrected chi connectivity index (χ3v) is 4.35. The maximum atomic E-state index is 11.9. The average molecular weight is 322 g/mol. The molecule has 0 unspecified atom stereocenters. The van der Waals surface area contributed by atoms with E-state index in [1.54, 1.807) is 0 Å². The first-order chi connectivity index (χ1) is 10.2. The number of nitrogens with one attached hydrogen (secondary N) is 1. The Morgan fingerprint density at radius 2 is 1.86 bits per heavy atom. The molecule has 0 saturated carbocycles. The molecule has 0 aliphatic heterocycles. The Hall–Kier alpha value is -1.49. The van der Waals surface area contributed by atoms with Crippen molar-refractivity contribution >= 4 is 35.0 Å². The van der Waals surface area contributed by atoms with E-state index < -0.39 is 0 Å². The second-order valence-electron chi connectivity index (χ2n) is 4.44. The normalized spacial score (nSPS) is 10.4. The Morgan fingerprint density at radius 3 is 2.52 bits per heavy atom. The molecule has 0 atom stereocenters. The number of rotatable bonds is 6. The zero-order valence-corrected chi connectivity index (χ0v) is 13.0. The fraction of sp³-hybridized carbons (Fsp3) is 0.188. The number of hydrogen-bond donors (Lipinski definition) is 2. The van der Waals surface area contributed by atoms with Crippen LogP contribution >= 0.6 is 23.4 Å². The highest BCUT2D eigenvalue weighted by Crippen LogP contribution is 2.26. The van der Waals surface area contributed by atoms with E-state index in [2.05, 4.69) is 5.32 Å². The summed E-state index contributed by atoms with van der Waals surface area (Å²) in [4.78, 5) is 12.8. The van der Waals surface area contributed by atoms with Crippen LogP contribution in [0.4, 0.5) is 5.69 Å². The van der Waals surface area contributed by atoms with Gasteiger partial charge in [0.2, 0.25) is 5.91 Å². The van der Waals surface area contributed by atoms with Crippen molar-refractivity contribution in [1.82, 2.24) is 0 Å². The van der Waals surface area contributed by atoms with Crippen molar-refractivity contribution in [3.63, 3.8) is 0 Å². The average Bonchev–Trinajstić information content (AvgIpc) is 2.49. The molecule has 0 heterocycles. The minimum absolute atomic E-state index is 0.0742. The number of carbonyl (C=O) groups is 1. The van der Waals surface area contributed by atoms with Crippen LogP contribution < -0.4 is 5.32 Å². The molecule has 0 spiro atoms. The van der Waals surface area contributed by atoms with E-state index in [0.29, 0.717) is 17.2 Å². The minimum atomic E-state index is -0.0742. The van der Waals surface area contributed by atoms with Gasteiger partial charge in [-0.05, 0) is 36.2 Å². The monoisotopic (exact) mass is 321 g/mol. The van der Waals surface area contributed by atoms with Crippen LogP contribution in [0.5, 0.6) is 0 Å². The van der Waals surface area contributed by atoms with Crippen molar-refractivity contribution < 1.29 is 9.90 Å². The fourth-order valence-electron chi connectivity index (χ4n) is 1.79. The topological polar surface area (TPSA) is 49.3 Å². The number of halogens is 1. The SMILES string of the molecule is O=C(CSc1ccccc1Cl)Nc1ccc(CCO)cc1. The summed E-state index contributed by atoms with van der Waals surface area (Å²) in [6.07, 6.45) is 0.622. The van der Waals surface area contributed by atoms with Crippen LogP contribution in [0.15, 0.2) is 53.4 Å². The van der Waals surface area contributed by atoms with Gasteiger partial charge in [0.1, 0.15) is 0 Å². The highest BCUT2D eigenvalue weighted by atomic mass is 35.5. The molecule has 0 bridgehead atoms. The van der Waals surface area contributed by atoms with E-state index in [4.69, 9.17) is 16.7 Å². The first kappa shape index (κ1) is 15.9. The van der Waals surface area contributed by atoms with Gasteiger partial charge in [-0.3, -0.25) is 4.79 Å². The molecule has 2 aromatic rings. The van der Waals surface area contributed by atoms with Gasteiger partial charge in [0.05, 0.1) is 10.8 Å². The Balaban J connectivity index is 1.85. The van der Waals surface area contributed by atoms with Crippen molar-refractivity contribution in [3.05, 3.63) is 59.1 Å². The van der Waals surface area contributed by atoms with Crippen molar-refractivity contribution in [2.45, 2.75) is 11.3 Å². The van der Waals surface area contributed by atoms with E-state index in [-0.39, 0.29) is 12.5 Å². The van der Waals surface area contributed by atoms with Crippen molar-refractivity contribution in [3.8, 4) is 0 Å². The quantitative estimate of drug-likeness (QED) is 0.799. The number of amides is 1. The second kappa shape index (κ2) is 8.08. The van der Waals surface area contributed by atoms with Gasteiger partial charge < -0.3 is 10.4 Å². The van der Waals surface area contributed by atoms with Gasteiger partial charge in [0.25, 0.3) is 0 Å². The smallest absolute Gasteiger partial charge is 0.234 e. The Kier molecular flexibility index (Phi) is 6.11. The highest BCUT2D eigenvalue weighted by Gasteiger charge is 2.06. The standard InChI is InChI=1S/C16H16ClNO2S/c17-14-3-1-2-4-15(14)21-11-16(20)18-13-7-5-12(6-8-13)9-10-19/h1-8,19H,9-11H2,(H,18,20). The first-order valence-electron chi connectivity index (χ1n) is 6.56. The summed E-state index contributed by atoms with van der Waals surface area (Å²) in [5, 5.41) is 12.3. The molecular weight excluding hydrogens is 306 g/mol. The molecular formula is C16H16ClNO2S. The molecule has 0 fully saturated rings. The van der Waals surface area contributed by atoms with Crippen LogP contribution in [-0.2, 0) is 11.2 Å². The van der Waals surface area contributed by atoms with Gasteiger partial charge in [0, 0.05) is 17.2 Å². The van der Waals surface area contributed by atoms with E-state index in [1.807, 2.05) is 48.5 Å². The number of aliphatic hydroxyl groups is 1. The van der Waals surface area contributed by atoms with E-state index in [9.17, 15) is 4.79 Å². The lowest BCUT2D eigenvalue weighted by atomic mass is 10.1. The number of benzene rings is 2. The molecule has 0 saturated heterocycles. The van der Waals surface area contributed by atoms with Crippen LogP contribution in [0.2, 0.25) is 5.02 Å². The van der Waals surface area contributed by atoms with Gasteiger partial charge in [-0.1, -0.05) is 35.9 Å². The molecule has 5 heteroatoms. The highest BCUT2D eigenvalue weighted by molar-refractivity contribution is 8.00. The minimum Gasteiger partial charge on any atom is -0.396 e. The molecule has 110 valence electrons. The fourth-order valence-corrected chi connectivity index (χ4v) is 2.82. The molecule has 0 aliphatic rings. The summed E-state index contributed by atoms with van der Waals surface area (Å²) in [6, 6.07) is 14.9. The van der Waals surface area contributed by atoms with Crippen LogP contribution in [0.3, 0.4) is 0 Å². The van der Waals surface area contributed by atoms with E-state index in [0.717, 1.165) is 16.1 Å². The third kappa shape index (κ3) is 5.08. The molecule has 2 aromatic carbocycles. The lowest BCUT2D eigenvalue weighted by Gasteiger charge is -2.07. The molecule has 2 N–H and O–H groups in total. The number of aliphatic hydroxyl groups excluding tert-OH is 1. The molecule has 0 aromatic heterocycles. The summed E-state index contributed by atoms with van der Waals surface area (Å²) in [5.41, 5.74) is 1.79. The number of carbonyl (C=O) groups excluding carboxylic acids is 1. The third-order valence-electron chi connectivity index (χ3n) is 2.83. The van der Waals surface area contributed by atoms with Crippen molar-refractivity contribution in [2.24, 2.45) is 0 Å².